The lowest BCUT2D eigenvalue weighted by atomic mass is 9.82. The van der Waals surface area contributed by atoms with Gasteiger partial charge < -0.3 is 10.4 Å². The quantitative estimate of drug-likeness (QED) is 0.839. The zero-order chi connectivity index (χ0) is 16.8. The molecule has 2 bridgehead atoms. The van der Waals surface area contributed by atoms with E-state index in [1.165, 1.54) is 12.1 Å². The third kappa shape index (κ3) is 2.83. The zero-order valence-corrected chi connectivity index (χ0v) is 11.9. The van der Waals surface area contributed by atoms with E-state index in [2.05, 4.69) is 5.32 Å². The fraction of sp³-hybridized carbons (Fsp3) is 0.375. The van der Waals surface area contributed by atoms with Gasteiger partial charge in [-0.1, -0.05) is 12.2 Å². The molecule has 3 rings (SSSR count). The van der Waals surface area contributed by atoms with E-state index in [4.69, 9.17) is 0 Å². The van der Waals surface area contributed by atoms with E-state index in [1.54, 1.807) is 0 Å². The molecule has 0 saturated heterocycles. The largest absolute Gasteiger partial charge is 0.481 e. The van der Waals surface area contributed by atoms with Gasteiger partial charge in [-0.25, -0.2) is 0 Å². The predicted octanol–water partition coefficient (Wildman–Crippen LogP) is 3.17. The average Bonchev–Trinajstić information content (AvgIpc) is 3.07. The Hall–Kier alpha value is -2.31. The molecule has 1 saturated carbocycles. The van der Waals surface area contributed by atoms with Crippen LogP contribution in [-0.2, 0) is 15.8 Å². The molecule has 7 heteroatoms. The van der Waals surface area contributed by atoms with Gasteiger partial charge in [0.05, 0.1) is 17.4 Å². The Kier molecular flexibility index (Phi) is 3.66. The number of nitrogens with one attached hydrogen (secondary N) is 1. The number of carbonyl (C=O) groups is 2. The van der Waals surface area contributed by atoms with E-state index in [0.717, 1.165) is 12.1 Å². The van der Waals surface area contributed by atoms with Crippen LogP contribution in [0.15, 0.2) is 36.4 Å². The van der Waals surface area contributed by atoms with Crippen molar-refractivity contribution in [3.63, 3.8) is 0 Å². The molecule has 1 amide bonds. The average molecular weight is 325 g/mol. The number of fused-ring (bicyclic) bond motifs is 2. The second-order valence-corrected chi connectivity index (χ2v) is 5.90. The van der Waals surface area contributed by atoms with Crippen molar-refractivity contribution >= 4 is 17.6 Å². The van der Waals surface area contributed by atoms with Crippen molar-refractivity contribution in [2.75, 3.05) is 5.32 Å². The smallest absolute Gasteiger partial charge is 0.416 e. The van der Waals surface area contributed by atoms with E-state index in [1.807, 2.05) is 12.2 Å². The molecular weight excluding hydrogens is 311 g/mol. The Bertz CT molecular complexity index is 666. The number of carboxylic acid groups (broad SMARTS) is 1. The van der Waals surface area contributed by atoms with Crippen LogP contribution in [0.4, 0.5) is 18.9 Å². The van der Waals surface area contributed by atoms with Gasteiger partial charge in [-0.15, -0.1) is 0 Å². The molecule has 4 nitrogen and oxygen atoms in total. The first-order valence-electron chi connectivity index (χ1n) is 7.16. The molecule has 122 valence electrons. The van der Waals surface area contributed by atoms with Crippen LogP contribution in [-0.4, -0.2) is 17.0 Å². The maximum absolute atomic E-state index is 12.5. The first-order valence-corrected chi connectivity index (χ1v) is 7.16. The van der Waals surface area contributed by atoms with Gasteiger partial charge >= 0.3 is 12.1 Å². The van der Waals surface area contributed by atoms with Crippen molar-refractivity contribution in [3.8, 4) is 0 Å². The maximum atomic E-state index is 12.5. The third-order valence-corrected chi connectivity index (χ3v) is 4.53. The van der Waals surface area contributed by atoms with Crippen LogP contribution < -0.4 is 5.32 Å². The van der Waals surface area contributed by atoms with Crippen molar-refractivity contribution in [2.24, 2.45) is 23.7 Å². The SMILES string of the molecule is O=C(Nc1ccc(C(F)(F)F)cc1)[C@@H]1[C@@H](C(=O)O)[C@H]2C=C[C@@H]1C2. The van der Waals surface area contributed by atoms with E-state index in [9.17, 15) is 27.9 Å². The molecule has 0 aliphatic heterocycles. The number of rotatable bonds is 3. The molecule has 0 spiro atoms. The minimum absolute atomic E-state index is 0.129. The molecule has 4 atom stereocenters. The molecule has 0 aromatic heterocycles. The third-order valence-electron chi connectivity index (χ3n) is 4.53. The summed E-state index contributed by atoms with van der Waals surface area (Å²) in [4.78, 5) is 23.7. The van der Waals surface area contributed by atoms with Crippen LogP contribution in [0.1, 0.15) is 12.0 Å². The Morgan fingerprint density at radius 1 is 1.04 bits per heavy atom. The fourth-order valence-electron chi connectivity index (χ4n) is 3.48. The normalized spacial score (nSPS) is 28.8. The number of halogens is 3. The van der Waals surface area contributed by atoms with Gasteiger partial charge in [0.1, 0.15) is 0 Å². The summed E-state index contributed by atoms with van der Waals surface area (Å²) in [5.41, 5.74) is -0.583. The second-order valence-electron chi connectivity index (χ2n) is 5.90. The Morgan fingerprint density at radius 3 is 2.13 bits per heavy atom. The van der Waals surface area contributed by atoms with Crippen molar-refractivity contribution in [3.05, 3.63) is 42.0 Å². The van der Waals surface area contributed by atoms with E-state index >= 15 is 0 Å². The number of benzene rings is 1. The molecular formula is C16H14F3NO3. The van der Waals surface area contributed by atoms with E-state index < -0.39 is 35.5 Å². The topological polar surface area (TPSA) is 66.4 Å². The molecule has 2 aliphatic rings. The number of amides is 1. The van der Waals surface area contributed by atoms with Gasteiger partial charge in [0.25, 0.3) is 0 Å². The van der Waals surface area contributed by atoms with E-state index in [0.29, 0.717) is 6.42 Å². The molecule has 1 fully saturated rings. The van der Waals surface area contributed by atoms with Crippen LogP contribution in [0, 0.1) is 23.7 Å². The highest BCUT2D eigenvalue weighted by molar-refractivity contribution is 5.96. The van der Waals surface area contributed by atoms with Crippen LogP contribution in [0.2, 0.25) is 0 Å². The Labute approximate surface area is 130 Å². The fourth-order valence-corrected chi connectivity index (χ4v) is 3.48. The highest BCUT2D eigenvalue weighted by Crippen LogP contribution is 2.48. The Balaban J connectivity index is 1.74. The van der Waals surface area contributed by atoms with Crippen molar-refractivity contribution in [1.29, 1.82) is 0 Å². The van der Waals surface area contributed by atoms with Gasteiger partial charge in [0, 0.05) is 5.69 Å². The molecule has 1 aromatic carbocycles. The van der Waals surface area contributed by atoms with Gasteiger partial charge in [-0.2, -0.15) is 13.2 Å². The predicted molar refractivity (Wildman–Crippen MR) is 75.4 cm³/mol. The highest BCUT2D eigenvalue weighted by atomic mass is 19.4. The van der Waals surface area contributed by atoms with Crippen LogP contribution in [0.25, 0.3) is 0 Å². The Morgan fingerprint density at radius 2 is 1.61 bits per heavy atom. The lowest BCUT2D eigenvalue weighted by molar-refractivity contribution is -0.146. The number of anilines is 1. The van der Waals surface area contributed by atoms with Crippen LogP contribution in [0.3, 0.4) is 0 Å². The summed E-state index contributed by atoms with van der Waals surface area (Å²) < 4.78 is 37.5. The number of alkyl halides is 3. The molecule has 2 N–H and O–H groups in total. The maximum Gasteiger partial charge on any atom is 0.416 e. The highest BCUT2D eigenvalue weighted by Gasteiger charge is 2.51. The molecule has 0 heterocycles. The van der Waals surface area contributed by atoms with Gasteiger partial charge in [-0.05, 0) is 42.5 Å². The lowest BCUT2D eigenvalue weighted by Crippen LogP contribution is -2.36. The summed E-state index contributed by atoms with van der Waals surface area (Å²) in [6.07, 6.45) is -0.138. The number of hydrogen-bond donors (Lipinski definition) is 2. The minimum atomic E-state index is -4.44. The van der Waals surface area contributed by atoms with Gasteiger partial charge in [0.15, 0.2) is 0 Å². The number of hydrogen-bond acceptors (Lipinski definition) is 2. The number of aliphatic carboxylic acids is 1. The summed E-state index contributed by atoms with van der Waals surface area (Å²) in [5, 5.41) is 11.8. The van der Waals surface area contributed by atoms with Crippen LogP contribution >= 0.6 is 0 Å². The zero-order valence-electron chi connectivity index (χ0n) is 11.9. The first kappa shape index (κ1) is 15.6. The van der Waals surface area contributed by atoms with Crippen molar-refractivity contribution < 1.29 is 27.9 Å². The van der Waals surface area contributed by atoms with Crippen molar-refractivity contribution in [2.45, 2.75) is 12.6 Å². The van der Waals surface area contributed by atoms with E-state index in [-0.39, 0.29) is 17.5 Å². The summed E-state index contributed by atoms with van der Waals surface area (Å²) in [5.74, 6) is -3.23. The first-order chi connectivity index (χ1) is 10.8. The molecule has 2 aliphatic carbocycles. The summed E-state index contributed by atoms with van der Waals surface area (Å²) in [6, 6.07) is 4.09. The summed E-state index contributed by atoms with van der Waals surface area (Å²) in [7, 11) is 0. The molecule has 23 heavy (non-hydrogen) atoms. The molecule has 0 unspecified atom stereocenters. The molecule has 0 radical (unpaired) electrons. The van der Waals surface area contributed by atoms with Crippen LogP contribution in [0.5, 0.6) is 0 Å². The minimum Gasteiger partial charge on any atom is -0.481 e. The number of carboxylic acids is 1. The summed E-state index contributed by atoms with van der Waals surface area (Å²) >= 11 is 0. The standard InChI is InChI=1S/C16H14F3NO3/c17-16(18,19)10-3-5-11(6-4-10)20-14(21)12-8-1-2-9(7-8)13(12)15(22)23/h1-6,8-9,12-13H,7H2,(H,20,21)(H,22,23)/t8-,9+,12+,13+/m1/s1. The van der Waals surface area contributed by atoms with Crippen molar-refractivity contribution in [1.82, 2.24) is 0 Å². The summed E-state index contributed by atoms with van der Waals surface area (Å²) in [6.45, 7) is 0. The number of allylic oxidation sites excluding steroid dienone is 2. The lowest BCUT2D eigenvalue weighted by Gasteiger charge is -2.23. The number of carbonyl (C=O) groups excluding carboxylic acids is 1. The monoisotopic (exact) mass is 325 g/mol. The van der Waals surface area contributed by atoms with Gasteiger partial charge in [-0.3, -0.25) is 9.59 Å². The van der Waals surface area contributed by atoms with Gasteiger partial charge in [0.2, 0.25) is 5.91 Å². The molecule has 1 aromatic rings. The second kappa shape index (κ2) is 5.40.